The largest absolute Gasteiger partial charge is 0.497 e. The van der Waals surface area contributed by atoms with Gasteiger partial charge in [0.25, 0.3) is 0 Å². The van der Waals surface area contributed by atoms with Crippen molar-refractivity contribution in [3.8, 4) is 17.2 Å². The van der Waals surface area contributed by atoms with E-state index in [9.17, 15) is 9.59 Å². The predicted octanol–water partition coefficient (Wildman–Crippen LogP) is 5.58. The fourth-order valence-corrected chi connectivity index (χ4v) is 5.54. The zero-order valence-corrected chi connectivity index (χ0v) is 22.7. The molecule has 0 saturated heterocycles. The lowest BCUT2D eigenvalue weighted by molar-refractivity contribution is -0.115. The molecule has 0 aromatic heterocycles. The Bertz CT molecular complexity index is 1500. The predicted molar refractivity (Wildman–Crippen MR) is 148 cm³/mol. The van der Waals surface area contributed by atoms with Crippen molar-refractivity contribution in [1.29, 1.82) is 0 Å². The Morgan fingerprint density at radius 3 is 2.31 bits per heavy atom. The summed E-state index contributed by atoms with van der Waals surface area (Å²) in [5, 5.41) is 3.48. The van der Waals surface area contributed by atoms with E-state index in [0.29, 0.717) is 39.3 Å². The summed E-state index contributed by atoms with van der Waals surface area (Å²) >= 11 is 6.22. The Kier molecular flexibility index (Phi) is 6.10. The molecule has 0 unspecified atom stereocenters. The van der Waals surface area contributed by atoms with Crippen molar-refractivity contribution in [3.63, 3.8) is 0 Å². The molecule has 3 aliphatic rings. The van der Waals surface area contributed by atoms with E-state index < -0.39 is 12.1 Å². The van der Waals surface area contributed by atoms with E-state index in [1.54, 1.807) is 30.2 Å². The SMILES string of the molecule is COc1ccc([C@@H]2N=C3c4c(OC(C)C)cc(OC)c5c4N(CC(=O)N5)C(=O)N3[C@@H]2c2ccc(Cl)cc2)cc1. The van der Waals surface area contributed by atoms with E-state index >= 15 is 0 Å². The molecule has 0 aliphatic carbocycles. The lowest BCUT2D eigenvalue weighted by Gasteiger charge is -2.42. The van der Waals surface area contributed by atoms with Gasteiger partial charge in [-0.05, 0) is 49.2 Å². The van der Waals surface area contributed by atoms with Crippen LogP contribution >= 0.6 is 11.6 Å². The average Bonchev–Trinajstić information content (AvgIpc) is 3.32. The number of anilines is 2. The number of aliphatic imine (C=N–C) groups is 1. The molecule has 10 heteroatoms. The Hall–Kier alpha value is -4.24. The second-order valence-electron chi connectivity index (χ2n) is 9.80. The summed E-state index contributed by atoms with van der Waals surface area (Å²) in [4.78, 5) is 35.3. The molecule has 3 heterocycles. The Balaban J connectivity index is 1.61. The average molecular weight is 547 g/mol. The number of fused-ring (bicyclic) bond motifs is 2. The number of nitrogens with zero attached hydrogens (tertiary/aromatic N) is 3. The lowest BCUT2D eigenvalue weighted by Crippen LogP contribution is -2.55. The monoisotopic (exact) mass is 546 g/mol. The van der Waals surface area contributed by atoms with E-state index in [4.69, 9.17) is 30.8 Å². The third kappa shape index (κ3) is 4.04. The molecular formula is C29H27ClN4O5. The van der Waals surface area contributed by atoms with E-state index in [0.717, 1.165) is 16.9 Å². The number of carbonyl (C=O) groups is 2. The summed E-state index contributed by atoms with van der Waals surface area (Å²) < 4.78 is 17.2. The molecule has 6 rings (SSSR count). The summed E-state index contributed by atoms with van der Waals surface area (Å²) in [7, 11) is 3.13. The highest BCUT2D eigenvalue weighted by molar-refractivity contribution is 6.30. The van der Waals surface area contributed by atoms with E-state index in [-0.39, 0.29) is 24.6 Å². The van der Waals surface area contributed by atoms with Gasteiger partial charge in [-0.2, -0.15) is 0 Å². The summed E-state index contributed by atoms with van der Waals surface area (Å²) in [6, 6.07) is 15.5. The Morgan fingerprint density at radius 2 is 1.67 bits per heavy atom. The molecule has 200 valence electrons. The van der Waals surface area contributed by atoms with Gasteiger partial charge in [-0.25, -0.2) is 4.79 Å². The molecular weight excluding hydrogens is 520 g/mol. The van der Waals surface area contributed by atoms with Crippen LogP contribution in [0.3, 0.4) is 0 Å². The van der Waals surface area contributed by atoms with Crippen molar-refractivity contribution in [1.82, 2.24) is 4.90 Å². The number of amides is 3. The lowest BCUT2D eigenvalue weighted by atomic mass is 9.93. The second-order valence-corrected chi connectivity index (χ2v) is 10.2. The maximum absolute atomic E-state index is 14.3. The molecule has 0 radical (unpaired) electrons. The van der Waals surface area contributed by atoms with Gasteiger partial charge >= 0.3 is 6.03 Å². The zero-order chi connectivity index (χ0) is 27.4. The highest BCUT2D eigenvalue weighted by atomic mass is 35.5. The van der Waals surface area contributed by atoms with E-state index in [2.05, 4.69) is 5.32 Å². The number of methoxy groups -OCH3 is 2. The van der Waals surface area contributed by atoms with Gasteiger partial charge in [-0.3, -0.25) is 19.6 Å². The number of benzene rings is 3. The molecule has 2 atom stereocenters. The van der Waals surface area contributed by atoms with Crippen LogP contribution in [-0.2, 0) is 4.79 Å². The minimum Gasteiger partial charge on any atom is -0.497 e. The van der Waals surface area contributed by atoms with Gasteiger partial charge in [0.2, 0.25) is 5.91 Å². The van der Waals surface area contributed by atoms with Crippen molar-refractivity contribution < 1.29 is 23.8 Å². The van der Waals surface area contributed by atoms with Gasteiger partial charge in [0.05, 0.1) is 37.6 Å². The first kappa shape index (κ1) is 25.1. The molecule has 3 aliphatic heterocycles. The van der Waals surface area contributed by atoms with Crippen LogP contribution < -0.4 is 24.4 Å². The molecule has 1 N–H and O–H groups in total. The van der Waals surface area contributed by atoms with Crippen LogP contribution in [0.1, 0.15) is 42.6 Å². The molecule has 0 saturated carbocycles. The number of carbonyl (C=O) groups excluding carboxylic acids is 2. The number of amidine groups is 1. The molecule has 3 aromatic carbocycles. The number of urea groups is 1. The second kappa shape index (κ2) is 9.50. The highest BCUT2D eigenvalue weighted by Crippen LogP contribution is 2.54. The molecule has 0 spiro atoms. The summed E-state index contributed by atoms with van der Waals surface area (Å²) in [6.07, 6.45) is -0.159. The van der Waals surface area contributed by atoms with Crippen LogP contribution in [0.15, 0.2) is 59.6 Å². The van der Waals surface area contributed by atoms with Gasteiger partial charge in [-0.1, -0.05) is 35.9 Å². The quantitative estimate of drug-likeness (QED) is 0.435. The fourth-order valence-electron chi connectivity index (χ4n) is 5.41. The fraction of sp³-hybridized carbons (Fsp3) is 0.276. The number of halogens is 1. The van der Waals surface area contributed by atoms with E-state index in [1.165, 1.54) is 12.0 Å². The third-order valence-corrected chi connectivity index (χ3v) is 7.30. The Morgan fingerprint density at radius 1 is 0.974 bits per heavy atom. The van der Waals surface area contributed by atoms with Crippen molar-refractivity contribution in [3.05, 3.63) is 76.3 Å². The van der Waals surface area contributed by atoms with Crippen molar-refractivity contribution >= 4 is 40.7 Å². The minimum atomic E-state index is -0.492. The van der Waals surface area contributed by atoms with Gasteiger partial charge in [0.15, 0.2) is 0 Å². The molecule has 3 amide bonds. The molecule has 0 bridgehead atoms. The molecule has 39 heavy (non-hydrogen) atoms. The van der Waals surface area contributed by atoms with Crippen LogP contribution in [-0.4, -0.2) is 49.5 Å². The van der Waals surface area contributed by atoms with Gasteiger partial charge in [-0.15, -0.1) is 0 Å². The molecule has 3 aromatic rings. The van der Waals surface area contributed by atoms with E-state index in [1.807, 2.05) is 50.2 Å². The minimum absolute atomic E-state index is 0.141. The van der Waals surface area contributed by atoms with Gasteiger partial charge in [0, 0.05) is 11.1 Å². The summed E-state index contributed by atoms with van der Waals surface area (Å²) in [5.41, 5.74) is 3.34. The maximum atomic E-state index is 14.3. The molecule has 0 fully saturated rings. The number of rotatable bonds is 6. The van der Waals surface area contributed by atoms with Crippen LogP contribution in [0.2, 0.25) is 5.02 Å². The number of hydrogen-bond donors (Lipinski definition) is 1. The topological polar surface area (TPSA) is 92.7 Å². The van der Waals surface area contributed by atoms with Gasteiger partial charge in [0.1, 0.15) is 41.4 Å². The summed E-state index contributed by atoms with van der Waals surface area (Å²) in [6.45, 7) is 3.71. The maximum Gasteiger partial charge on any atom is 0.331 e. The van der Waals surface area contributed by atoms with Gasteiger partial charge < -0.3 is 19.5 Å². The van der Waals surface area contributed by atoms with Crippen molar-refractivity contribution in [2.75, 3.05) is 31.0 Å². The molecule has 9 nitrogen and oxygen atoms in total. The zero-order valence-electron chi connectivity index (χ0n) is 21.9. The number of hydrogen-bond acceptors (Lipinski definition) is 6. The van der Waals surface area contributed by atoms with Crippen LogP contribution in [0.4, 0.5) is 16.2 Å². The number of ether oxygens (including phenoxy) is 3. The third-order valence-electron chi connectivity index (χ3n) is 7.04. The number of nitrogens with one attached hydrogen (secondary N) is 1. The first-order valence-corrected chi connectivity index (χ1v) is 13.0. The standard InChI is InChI=1S/C29H27ClN4O5/c1-15(2)39-20-13-21(38-4)25-27-23(20)28-32-24(16-7-11-19(37-3)12-8-16)26(17-5-9-18(30)10-6-17)34(28)29(36)33(27)14-22(35)31-25/h5-13,15,24,26H,14H2,1-4H3,(H,31,35)/t24-,26+/m0/s1. The van der Waals surface area contributed by atoms with Crippen LogP contribution in [0, 0.1) is 0 Å². The van der Waals surface area contributed by atoms with Crippen molar-refractivity contribution in [2.45, 2.75) is 32.0 Å². The summed E-state index contributed by atoms with van der Waals surface area (Å²) in [5.74, 6) is 1.80. The van der Waals surface area contributed by atoms with Crippen LogP contribution in [0.25, 0.3) is 0 Å². The van der Waals surface area contributed by atoms with Crippen LogP contribution in [0.5, 0.6) is 17.2 Å². The first-order chi connectivity index (χ1) is 18.8. The Labute approximate surface area is 230 Å². The smallest absolute Gasteiger partial charge is 0.331 e. The normalized spacial score (nSPS) is 19.4. The first-order valence-electron chi connectivity index (χ1n) is 12.6. The highest BCUT2D eigenvalue weighted by Gasteiger charge is 2.51. The van der Waals surface area contributed by atoms with Crippen molar-refractivity contribution in [2.24, 2.45) is 4.99 Å².